The molecule has 1 heterocycles. The normalized spacial score (nSPS) is 10.5. The zero-order valence-corrected chi connectivity index (χ0v) is 13.0. The molecule has 0 aliphatic carbocycles. The summed E-state index contributed by atoms with van der Waals surface area (Å²) >= 11 is 5.12. The fraction of sp³-hybridized carbons (Fsp3) is 0.375. The van der Waals surface area contributed by atoms with E-state index in [4.69, 9.17) is 12.6 Å². The van der Waals surface area contributed by atoms with Crippen LogP contribution in [0.15, 0.2) is 41.8 Å². The molecular formula is C16H20N3OS. The zero-order chi connectivity index (χ0) is 15.1. The third-order valence-electron chi connectivity index (χ3n) is 3.33. The number of carbonyl (C=O) groups excluding carboxylic acids is 1. The number of benzene rings is 1. The predicted octanol–water partition coefficient (Wildman–Crippen LogP) is 3.74. The maximum absolute atomic E-state index is 12.0. The molecule has 111 valence electrons. The molecule has 1 radical (unpaired) electrons. The van der Waals surface area contributed by atoms with E-state index in [1.807, 2.05) is 35.0 Å². The molecule has 0 aliphatic heterocycles. The van der Waals surface area contributed by atoms with Crippen LogP contribution >= 0.6 is 12.6 Å². The van der Waals surface area contributed by atoms with Crippen LogP contribution in [0.4, 0.5) is 0 Å². The lowest BCUT2D eigenvalue weighted by Crippen LogP contribution is -2.24. The van der Waals surface area contributed by atoms with Crippen LogP contribution in [-0.2, 0) is 0 Å². The minimum atomic E-state index is -0.0257. The first kappa shape index (κ1) is 15.5. The van der Waals surface area contributed by atoms with E-state index in [9.17, 15) is 4.79 Å². The first-order valence-electron chi connectivity index (χ1n) is 7.31. The minimum Gasteiger partial charge on any atom is -0.352 e. The van der Waals surface area contributed by atoms with Gasteiger partial charge in [0.05, 0.1) is 0 Å². The van der Waals surface area contributed by atoms with Gasteiger partial charge in [-0.2, -0.15) is 0 Å². The Morgan fingerprint density at radius 3 is 2.62 bits per heavy atom. The zero-order valence-electron chi connectivity index (χ0n) is 12.2. The number of hydrogen-bond donors (Lipinski definition) is 1. The number of nitrogens with one attached hydrogen (secondary N) is 1. The van der Waals surface area contributed by atoms with Crippen LogP contribution in [0.2, 0.25) is 0 Å². The van der Waals surface area contributed by atoms with E-state index >= 15 is 0 Å². The van der Waals surface area contributed by atoms with Gasteiger partial charge in [0, 0.05) is 30.2 Å². The van der Waals surface area contributed by atoms with Crippen LogP contribution in [-0.4, -0.2) is 22.0 Å². The van der Waals surface area contributed by atoms with Crippen LogP contribution in [0, 0.1) is 0 Å². The Morgan fingerprint density at radius 2 is 2.00 bits per heavy atom. The number of amides is 1. The van der Waals surface area contributed by atoms with Crippen LogP contribution in [0.5, 0.6) is 0 Å². The molecule has 0 atom stereocenters. The summed E-state index contributed by atoms with van der Waals surface area (Å²) in [6.45, 7) is 2.91. The van der Waals surface area contributed by atoms with Crippen molar-refractivity contribution in [1.82, 2.24) is 14.9 Å². The Morgan fingerprint density at radius 1 is 1.24 bits per heavy atom. The molecule has 0 bridgehead atoms. The highest BCUT2D eigenvalue weighted by Gasteiger charge is 2.06. The summed E-state index contributed by atoms with van der Waals surface area (Å²) in [5.74, 6) is -0.0257. The van der Waals surface area contributed by atoms with Gasteiger partial charge >= 0.3 is 0 Å². The predicted molar refractivity (Wildman–Crippen MR) is 85.9 cm³/mol. The van der Waals surface area contributed by atoms with Gasteiger partial charge in [-0.25, -0.2) is 4.98 Å². The standard InChI is InChI=1S/C16H20N3OS/c1-2-3-4-5-10-17-15(20)13-6-8-14(9-7-13)19-12-11-18-16(19)21/h6-9,11-12H,2-5,10H2,1H3,(H,17,20). The average Bonchev–Trinajstić information content (AvgIpc) is 2.93. The van der Waals surface area contributed by atoms with E-state index in [0.29, 0.717) is 10.7 Å². The fourth-order valence-corrected chi connectivity index (χ4v) is 2.34. The Hall–Kier alpha value is -1.88. The second-order valence-electron chi connectivity index (χ2n) is 4.94. The molecule has 4 nitrogen and oxygen atoms in total. The molecule has 2 rings (SSSR count). The van der Waals surface area contributed by atoms with Gasteiger partial charge in [0.2, 0.25) is 5.16 Å². The summed E-state index contributed by atoms with van der Waals surface area (Å²) < 4.78 is 1.81. The Balaban J connectivity index is 1.90. The average molecular weight is 302 g/mol. The number of unbranched alkanes of at least 4 members (excludes halogenated alkanes) is 3. The maximum Gasteiger partial charge on any atom is 0.251 e. The van der Waals surface area contributed by atoms with Crippen molar-refractivity contribution in [3.05, 3.63) is 42.2 Å². The second-order valence-corrected chi connectivity index (χ2v) is 5.31. The Labute approximate surface area is 131 Å². The van der Waals surface area contributed by atoms with E-state index in [2.05, 4.69) is 17.2 Å². The number of imidazole rings is 1. The molecule has 1 N–H and O–H groups in total. The van der Waals surface area contributed by atoms with Crippen LogP contribution in [0.3, 0.4) is 0 Å². The van der Waals surface area contributed by atoms with Gasteiger partial charge in [-0.3, -0.25) is 9.36 Å². The van der Waals surface area contributed by atoms with Crippen molar-refractivity contribution in [3.63, 3.8) is 0 Å². The van der Waals surface area contributed by atoms with E-state index < -0.39 is 0 Å². The molecule has 21 heavy (non-hydrogen) atoms. The van der Waals surface area contributed by atoms with E-state index in [1.54, 1.807) is 6.20 Å². The largest absolute Gasteiger partial charge is 0.352 e. The number of aromatic nitrogens is 2. The Kier molecular flexibility index (Phi) is 5.75. The molecule has 1 aromatic heterocycles. The third kappa shape index (κ3) is 4.29. The van der Waals surface area contributed by atoms with Crippen molar-refractivity contribution >= 4 is 18.5 Å². The third-order valence-corrected chi connectivity index (χ3v) is 3.63. The van der Waals surface area contributed by atoms with Crippen molar-refractivity contribution in [1.29, 1.82) is 0 Å². The summed E-state index contributed by atoms with van der Waals surface area (Å²) in [4.78, 5) is 16.0. The molecule has 0 spiro atoms. The topological polar surface area (TPSA) is 46.9 Å². The highest BCUT2D eigenvalue weighted by molar-refractivity contribution is 7.80. The summed E-state index contributed by atoms with van der Waals surface area (Å²) in [7, 11) is 0. The van der Waals surface area contributed by atoms with E-state index in [0.717, 1.165) is 25.1 Å². The molecule has 5 heteroatoms. The highest BCUT2D eigenvalue weighted by Crippen LogP contribution is 2.14. The molecule has 0 fully saturated rings. The fourth-order valence-electron chi connectivity index (χ4n) is 2.12. The smallest absolute Gasteiger partial charge is 0.251 e. The van der Waals surface area contributed by atoms with E-state index in [1.165, 1.54) is 12.8 Å². The van der Waals surface area contributed by atoms with Crippen molar-refractivity contribution in [2.24, 2.45) is 0 Å². The SMILES string of the molecule is CCCCCCNC(=O)c1ccc(-n2ccnc2[S])cc1. The van der Waals surface area contributed by atoms with Crippen molar-refractivity contribution in [3.8, 4) is 5.69 Å². The molecular weight excluding hydrogens is 282 g/mol. The van der Waals surface area contributed by atoms with Gasteiger partial charge in [-0.15, -0.1) is 0 Å². The van der Waals surface area contributed by atoms with Crippen LogP contribution in [0.1, 0.15) is 43.0 Å². The van der Waals surface area contributed by atoms with E-state index in [-0.39, 0.29) is 5.91 Å². The first-order valence-corrected chi connectivity index (χ1v) is 7.72. The molecule has 1 aromatic carbocycles. The molecule has 0 saturated heterocycles. The van der Waals surface area contributed by atoms with Gasteiger partial charge in [0.15, 0.2) is 0 Å². The Bertz CT molecular complexity index is 577. The van der Waals surface area contributed by atoms with Gasteiger partial charge in [-0.1, -0.05) is 26.2 Å². The van der Waals surface area contributed by atoms with Gasteiger partial charge in [0.1, 0.15) is 0 Å². The monoisotopic (exact) mass is 302 g/mol. The van der Waals surface area contributed by atoms with Crippen LogP contribution in [0.25, 0.3) is 5.69 Å². The highest BCUT2D eigenvalue weighted by atomic mass is 32.1. The lowest BCUT2D eigenvalue weighted by Gasteiger charge is -2.07. The molecule has 1 amide bonds. The van der Waals surface area contributed by atoms with Crippen molar-refractivity contribution in [2.75, 3.05) is 6.54 Å². The summed E-state index contributed by atoms with van der Waals surface area (Å²) in [5.41, 5.74) is 1.58. The lowest BCUT2D eigenvalue weighted by molar-refractivity contribution is 0.0953. The summed E-state index contributed by atoms with van der Waals surface area (Å²) in [6, 6.07) is 7.38. The molecule has 0 aliphatic rings. The first-order chi connectivity index (χ1) is 10.2. The molecule has 0 unspecified atom stereocenters. The van der Waals surface area contributed by atoms with Crippen molar-refractivity contribution < 1.29 is 4.79 Å². The van der Waals surface area contributed by atoms with Gasteiger partial charge in [0.25, 0.3) is 5.91 Å². The molecule has 0 saturated carbocycles. The van der Waals surface area contributed by atoms with Crippen molar-refractivity contribution in [2.45, 2.75) is 37.8 Å². The number of hydrogen-bond acceptors (Lipinski definition) is 2. The number of rotatable bonds is 7. The minimum absolute atomic E-state index is 0.0257. The number of nitrogens with zero attached hydrogens (tertiary/aromatic N) is 2. The number of carbonyl (C=O) groups is 1. The lowest BCUT2D eigenvalue weighted by atomic mass is 10.1. The van der Waals surface area contributed by atoms with Gasteiger partial charge in [-0.05, 0) is 43.3 Å². The summed E-state index contributed by atoms with van der Waals surface area (Å²) in [6.07, 6.45) is 8.10. The second kappa shape index (κ2) is 7.78. The van der Waals surface area contributed by atoms with Gasteiger partial charge < -0.3 is 5.32 Å². The summed E-state index contributed by atoms with van der Waals surface area (Å²) in [5, 5.41) is 3.46. The quantitative estimate of drug-likeness (QED) is 0.792. The van der Waals surface area contributed by atoms with Crippen LogP contribution < -0.4 is 5.32 Å². The maximum atomic E-state index is 12.0. The molecule has 2 aromatic rings.